The van der Waals surface area contributed by atoms with Crippen LogP contribution in [0.2, 0.25) is 0 Å². The fraction of sp³-hybridized carbons (Fsp3) is 0.562. The number of rotatable bonds is 3. The maximum atomic E-state index is 12.5. The van der Waals surface area contributed by atoms with Crippen LogP contribution < -0.4 is 5.32 Å². The van der Waals surface area contributed by atoms with Gasteiger partial charge in [-0.1, -0.05) is 38.1 Å². The molecule has 1 aromatic rings. The molecule has 1 fully saturated rings. The Morgan fingerprint density at radius 1 is 1.26 bits per heavy atom. The minimum atomic E-state index is 0.0211. The number of aryl methyl sites for hydroxylation is 1. The summed E-state index contributed by atoms with van der Waals surface area (Å²) < 4.78 is 0. The van der Waals surface area contributed by atoms with Crippen LogP contribution in [0.5, 0.6) is 0 Å². The molecular formula is C16H22N2O. The Morgan fingerprint density at radius 3 is 2.84 bits per heavy atom. The molecule has 1 aliphatic heterocycles. The molecule has 1 N–H and O–H groups in total. The third-order valence-electron chi connectivity index (χ3n) is 4.25. The molecule has 1 aliphatic carbocycles. The molecule has 0 aromatic heterocycles. The van der Waals surface area contributed by atoms with Crippen LogP contribution in [0.1, 0.15) is 43.9 Å². The van der Waals surface area contributed by atoms with Gasteiger partial charge in [-0.25, -0.2) is 0 Å². The van der Waals surface area contributed by atoms with E-state index in [0.717, 1.165) is 25.8 Å². The van der Waals surface area contributed by atoms with Gasteiger partial charge in [0.25, 0.3) is 0 Å². The van der Waals surface area contributed by atoms with Gasteiger partial charge in [0.2, 0.25) is 5.91 Å². The van der Waals surface area contributed by atoms with E-state index < -0.39 is 0 Å². The van der Waals surface area contributed by atoms with Crippen LogP contribution in [-0.4, -0.2) is 29.4 Å². The van der Waals surface area contributed by atoms with Gasteiger partial charge >= 0.3 is 0 Å². The Labute approximate surface area is 115 Å². The van der Waals surface area contributed by atoms with Crippen molar-refractivity contribution >= 4 is 5.91 Å². The predicted molar refractivity (Wildman–Crippen MR) is 75.9 cm³/mol. The van der Waals surface area contributed by atoms with Gasteiger partial charge in [-0.2, -0.15) is 0 Å². The van der Waals surface area contributed by atoms with Crippen LogP contribution in [0.4, 0.5) is 0 Å². The zero-order valence-electron chi connectivity index (χ0n) is 11.7. The maximum absolute atomic E-state index is 12.5. The van der Waals surface area contributed by atoms with E-state index in [-0.39, 0.29) is 11.9 Å². The van der Waals surface area contributed by atoms with Crippen molar-refractivity contribution in [3.05, 3.63) is 35.4 Å². The number of likely N-dealkylation sites (tertiary alicyclic amines) is 1. The zero-order chi connectivity index (χ0) is 13.4. The van der Waals surface area contributed by atoms with Crippen LogP contribution in [-0.2, 0) is 11.2 Å². The second-order valence-corrected chi connectivity index (χ2v) is 5.95. The van der Waals surface area contributed by atoms with E-state index in [4.69, 9.17) is 0 Å². The number of fused-ring (bicyclic) bond motifs is 1. The van der Waals surface area contributed by atoms with E-state index in [2.05, 4.69) is 48.3 Å². The highest BCUT2D eigenvalue weighted by molar-refractivity contribution is 5.84. The molecule has 2 atom stereocenters. The number of carbonyl (C=O) groups is 1. The molecule has 0 bridgehead atoms. The van der Waals surface area contributed by atoms with Gasteiger partial charge in [0.05, 0.1) is 12.1 Å². The summed E-state index contributed by atoms with van der Waals surface area (Å²) in [6, 6.07) is 9.25. The fourth-order valence-corrected chi connectivity index (χ4v) is 3.43. The molecule has 3 heteroatoms. The average Bonchev–Trinajstić information content (AvgIpc) is 2.94. The Kier molecular flexibility index (Phi) is 3.31. The van der Waals surface area contributed by atoms with Crippen molar-refractivity contribution in [3.8, 4) is 0 Å². The summed E-state index contributed by atoms with van der Waals surface area (Å²) in [4.78, 5) is 14.6. The quantitative estimate of drug-likeness (QED) is 0.902. The first-order valence-electron chi connectivity index (χ1n) is 7.31. The second-order valence-electron chi connectivity index (χ2n) is 5.95. The number of nitrogens with one attached hydrogen (secondary N) is 1. The molecule has 1 saturated heterocycles. The fourth-order valence-electron chi connectivity index (χ4n) is 3.43. The minimum absolute atomic E-state index is 0.0211. The lowest BCUT2D eigenvalue weighted by molar-refractivity contribution is -0.131. The lowest BCUT2D eigenvalue weighted by Crippen LogP contribution is -2.42. The lowest BCUT2D eigenvalue weighted by Gasteiger charge is -2.25. The van der Waals surface area contributed by atoms with Crippen molar-refractivity contribution in [2.24, 2.45) is 0 Å². The highest BCUT2D eigenvalue weighted by Crippen LogP contribution is 2.37. The predicted octanol–water partition coefficient (Wildman–Crippen LogP) is 2.27. The molecule has 1 aromatic carbocycles. The molecule has 2 unspecified atom stereocenters. The lowest BCUT2D eigenvalue weighted by atomic mass is 10.1. The van der Waals surface area contributed by atoms with Crippen LogP contribution >= 0.6 is 0 Å². The molecular weight excluding hydrogens is 236 g/mol. The van der Waals surface area contributed by atoms with E-state index in [1.807, 2.05) is 0 Å². The highest BCUT2D eigenvalue weighted by atomic mass is 16.2. The summed E-state index contributed by atoms with van der Waals surface area (Å²) in [5, 5.41) is 3.38. The monoisotopic (exact) mass is 258 g/mol. The van der Waals surface area contributed by atoms with E-state index >= 15 is 0 Å². The first kappa shape index (κ1) is 12.7. The molecule has 19 heavy (non-hydrogen) atoms. The first-order valence-corrected chi connectivity index (χ1v) is 7.31. The average molecular weight is 258 g/mol. The van der Waals surface area contributed by atoms with Crippen LogP contribution in [0.15, 0.2) is 24.3 Å². The van der Waals surface area contributed by atoms with Gasteiger partial charge < -0.3 is 10.2 Å². The molecule has 3 rings (SSSR count). The molecule has 0 spiro atoms. The van der Waals surface area contributed by atoms with Crippen molar-refractivity contribution in [1.29, 1.82) is 0 Å². The number of amides is 1. The Balaban J connectivity index is 1.77. The normalized spacial score (nSPS) is 26.3. The van der Waals surface area contributed by atoms with Gasteiger partial charge in [-0.05, 0) is 30.4 Å². The van der Waals surface area contributed by atoms with E-state index in [0.29, 0.717) is 12.1 Å². The van der Waals surface area contributed by atoms with Crippen LogP contribution in [0, 0.1) is 0 Å². The van der Waals surface area contributed by atoms with E-state index in [1.54, 1.807) is 0 Å². The summed E-state index contributed by atoms with van der Waals surface area (Å²) in [5.74, 6) is 0.287. The largest absolute Gasteiger partial charge is 0.334 e. The van der Waals surface area contributed by atoms with Crippen molar-refractivity contribution < 1.29 is 4.79 Å². The summed E-state index contributed by atoms with van der Waals surface area (Å²) >= 11 is 0. The third kappa shape index (κ3) is 2.27. The number of nitrogens with zero attached hydrogens (tertiary/aromatic N) is 1. The first-order chi connectivity index (χ1) is 9.16. The highest BCUT2D eigenvalue weighted by Gasteiger charge is 2.38. The zero-order valence-corrected chi connectivity index (χ0v) is 11.7. The smallest absolute Gasteiger partial charge is 0.240 e. The maximum Gasteiger partial charge on any atom is 0.240 e. The molecule has 0 radical (unpaired) electrons. The Hall–Kier alpha value is -1.35. The number of carbonyl (C=O) groups excluding carboxylic acids is 1. The number of benzene rings is 1. The molecule has 0 saturated carbocycles. The van der Waals surface area contributed by atoms with Gasteiger partial charge in [-0.3, -0.25) is 4.79 Å². The van der Waals surface area contributed by atoms with Crippen molar-refractivity contribution in [1.82, 2.24) is 10.2 Å². The van der Waals surface area contributed by atoms with Crippen LogP contribution in [0.25, 0.3) is 0 Å². The topological polar surface area (TPSA) is 32.3 Å². The van der Waals surface area contributed by atoms with E-state index in [9.17, 15) is 4.79 Å². The SMILES string of the molecule is CC(C)NC1CCN(C2CCc3ccccc32)C1=O. The molecule has 1 amide bonds. The van der Waals surface area contributed by atoms with Crippen molar-refractivity contribution in [2.75, 3.05) is 6.54 Å². The summed E-state index contributed by atoms with van der Waals surface area (Å²) in [7, 11) is 0. The molecule has 3 nitrogen and oxygen atoms in total. The van der Waals surface area contributed by atoms with Gasteiger partial charge in [0.1, 0.15) is 0 Å². The second kappa shape index (κ2) is 4.97. The van der Waals surface area contributed by atoms with Crippen molar-refractivity contribution in [3.63, 3.8) is 0 Å². The Morgan fingerprint density at radius 2 is 2.05 bits per heavy atom. The molecule has 102 valence electrons. The van der Waals surface area contributed by atoms with Gasteiger partial charge in [0, 0.05) is 12.6 Å². The minimum Gasteiger partial charge on any atom is -0.334 e. The number of hydrogen-bond acceptors (Lipinski definition) is 2. The summed E-state index contributed by atoms with van der Waals surface area (Å²) in [6.07, 6.45) is 3.13. The molecule has 2 aliphatic rings. The summed E-state index contributed by atoms with van der Waals surface area (Å²) in [5.41, 5.74) is 2.78. The van der Waals surface area contributed by atoms with Crippen LogP contribution in [0.3, 0.4) is 0 Å². The Bertz CT molecular complexity index is 483. The molecule has 1 heterocycles. The van der Waals surface area contributed by atoms with Gasteiger partial charge in [0.15, 0.2) is 0 Å². The third-order valence-corrected chi connectivity index (χ3v) is 4.25. The van der Waals surface area contributed by atoms with E-state index in [1.165, 1.54) is 11.1 Å². The van der Waals surface area contributed by atoms with Crippen molar-refractivity contribution in [2.45, 2.75) is 51.2 Å². The standard InChI is InChI=1S/C16H22N2O/c1-11(2)17-14-9-10-18(16(14)19)15-8-7-12-5-3-4-6-13(12)15/h3-6,11,14-15,17H,7-10H2,1-2H3. The van der Waals surface area contributed by atoms with Gasteiger partial charge in [-0.15, -0.1) is 0 Å². The number of hydrogen-bond donors (Lipinski definition) is 1. The summed E-state index contributed by atoms with van der Waals surface area (Å²) in [6.45, 7) is 5.09.